The van der Waals surface area contributed by atoms with Gasteiger partial charge in [0, 0.05) is 17.8 Å². The van der Waals surface area contributed by atoms with Crippen LogP contribution in [0.4, 0.5) is 11.4 Å². The smallest absolute Gasteiger partial charge is 0.0913 e. The molecule has 2 heteroatoms. The number of hydrogen-bond acceptors (Lipinski definition) is 1. The molecule has 120 valence electrons. The number of hydrogen-bond donors (Lipinski definition) is 0. The zero-order valence-electron chi connectivity index (χ0n) is 14.1. The Morgan fingerprint density at radius 2 is 1.17 bits per heavy atom. The second-order valence-corrected chi connectivity index (χ2v) is 6.53. The second-order valence-electron chi connectivity index (χ2n) is 6.06. The zero-order chi connectivity index (χ0) is 16.9. The van der Waals surface area contributed by atoms with E-state index < -0.39 is 0 Å². The van der Waals surface area contributed by atoms with Crippen molar-refractivity contribution in [3.8, 4) is 0 Å². The number of anilines is 2. The molecule has 0 aliphatic carbocycles. The first kappa shape index (κ1) is 16.4. The van der Waals surface area contributed by atoms with E-state index in [4.69, 9.17) is 12.2 Å². The van der Waals surface area contributed by atoms with Crippen LogP contribution in [0.3, 0.4) is 0 Å². The van der Waals surface area contributed by atoms with Crippen LogP contribution in [0.25, 0.3) is 0 Å². The van der Waals surface area contributed by atoms with E-state index in [9.17, 15) is 0 Å². The summed E-state index contributed by atoms with van der Waals surface area (Å²) in [6, 6.07) is 27.4. The van der Waals surface area contributed by atoms with E-state index >= 15 is 0 Å². The summed E-state index contributed by atoms with van der Waals surface area (Å²) >= 11 is 5.81. The van der Waals surface area contributed by atoms with Gasteiger partial charge in [-0.05, 0) is 43.7 Å². The molecular formula is C22H21NS. The van der Waals surface area contributed by atoms with Crippen LogP contribution < -0.4 is 4.90 Å². The SMILES string of the molecule is Cc1ccc(N(C(=S)Cc2ccccc2)c2ccc(C)cc2)cc1. The largest absolute Gasteiger partial charge is 0.304 e. The lowest BCUT2D eigenvalue weighted by Gasteiger charge is -2.26. The van der Waals surface area contributed by atoms with Crippen molar-refractivity contribution in [1.29, 1.82) is 0 Å². The maximum atomic E-state index is 5.81. The van der Waals surface area contributed by atoms with Crippen LogP contribution in [0.2, 0.25) is 0 Å². The third-order valence-electron chi connectivity index (χ3n) is 4.03. The van der Waals surface area contributed by atoms with Crippen LogP contribution in [-0.2, 0) is 6.42 Å². The summed E-state index contributed by atoms with van der Waals surface area (Å²) < 4.78 is 0. The Hall–Kier alpha value is -2.45. The molecule has 3 aromatic rings. The van der Waals surface area contributed by atoms with Crippen molar-refractivity contribution in [1.82, 2.24) is 0 Å². The van der Waals surface area contributed by atoms with Gasteiger partial charge < -0.3 is 4.90 Å². The average molecular weight is 331 g/mol. The molecule has 0 aliphatic rings. The molecule has 0 saturated heterocycles. The lowest BCUT2D eigenvalue weighted by Crippen LogP contribution is -2.25. The van der Waals surface area contributed by atoms with Crippen LogP contribution in [0.1, 0.15) is 16.7 Å². The summed E-state index contributed by atoms with van der Waals surface area (Å²) in [4.78, 5) is 3.07. The topological polar surface area (TPSA) is 3.24 Å². The van der Waals surface area contributed by atoms with E-state index in [1.807, 2.05) is 6.07 Å². The molecule has 0 spiro atoms. The van der Waals surface area contributed by atoms with Crippen molar-refractivity contribution in [3.63, 3.8) is 0 Å². The minimum atomic E-state index is 0.748. The van der Waals surface area contributed by atoms with E-state index in [1.165, 1.54) is 16.7 Å². The summed E-state index contributed by atoms with van der Waals surface area (Å²) in [7, 11) is 0. The molecule has 0 aliphatic heterocycles. The van der Waals surface area contributed by atoms with Crippen molar-refractivity contribution in [2.75, 3.05) is 4.90 Å². The fraction of sp³-hybridized carbons (Fsp3) is 0.136. The van der Waals surface area contributed by atoms with Gasteiger partial charge in [-0.1, -0.05) is 77.9 Å². The molecule has 0 N–H and O–H groups in total. The summed E-state index contributed by atoms with van der Waals surface area (Å²) in [6.07, 6.45) is 0.748. The highest BCUT2D eigenvalue weighted by Gasteiger charge is 2.15. The van der Waals surface area contributed by atoms with Gasteiger partial charge in [-0.2, -0.15) is 0 Å². The predicted octanol–water partition coefficient (Wildman–Crippen LogP) is 6.01. The molecule has 0 atom stereocenters. The first-order chi connectivity index (χ1) is 11.6. The summed E-state index contributed by atoms with van der Waals surface area (Å²) in [5, 5.41) is 0. The molecule has 0 aromatic heterocycles. The second kappa shape index (κ2) is 7.41. The Kier molecular flexibility index (Phi) is 5.07. The number of aryl methyl sites for hydroxylation is 2. The minimum absolute atomic E-state index is 0.748. The number of rotatable bonds is 4. The van der Waals surface area contributed by atoms with Gasteiger partial charge in [-0.3, -0.25) is 0 Å². The fourth-order valence-corrected chi connectivity index (χ4v) is 3.05. The first-order valence-corrected chi connectivity index (χ1v) is 8.54. The lowest BCUT2D eigenvalue weighted by atomic mass is 10.1. The summed E-state index contributed by atoms with van der Waals surface area (Å²) in [5.41, 5.74) is 5.93. The highest BCUT2D eigenvalue weighted by molar-refractivity contribution is 7.80. The van der Waals surface area contributed by atoms with Crippen molar-refractivity contribution in [2.24, 2.45) is 0 Å². The third kappa shape index (κ3) is 3.90. The van der Waals surface area contributed by atoms with Crippen LogP contribution in [0, 0.1) is 13.8 Å². The highest BCUT2D eigenvalue weighted by Crippen LogP contribution is 2.27. The average Bonchev–Trinajstić information content (AvgIpc) is 2.59. The van der Waals surface area contributed by atoms with E-state index in [0.29, 0.717) is 0 Å². The van der Waals surface area contributed by atoms with Gasteiger partial charge in [0.15, 0.2) is 0 Å². The molecule has 0 heterocycles. The number of benzene rings is 3. The van der Waals surface area contributed by atoms with E-state index in [1.54, 1.807) is 0 Å². The summed E-state index contributed by atoms with van der Waals surface area (Å²) in [6.45, 7) is 4.20. The van der Waals surface area contributed by atoms with Crippen molar-refractivity contribution in [2.45, 2.75) is 20.3 Å². The molecule has 0 fully saturated rings. The van der Waals surface area contributed by atoms with E-state index in [0.717, 1.165) is 22.8 Å². The van der Waals surface area contributed by atoms with Gasteiger partial charge in [-0.15, -0.1) is 0 Å². The first-order valence-electron chi connectivity index (χ1n) is 8.14. The maximum absolute atomic E-state index is 5.81. The predicted molar refractivity (Wildman–Crippen MR) is 107 cm³/mol. The van der Waals surface area contributed by atoms with Crippen LogP contribution in [-0.4, -0.2) is 4.99 Å². The van der Waals surface area contributed by atoms with Crippen LogP contribution >= 0.6 is 12.2 Å². The number of nitrogens with zero attached hydrogens (tertiary/aromatic N) is 1. The molecule has 1 nitrogen and oxygen atoms in total. The molecule has 0 saturated carbocycles. The normalized spacial score (nSPS) is 10.4. The quantitative estimate of drug-likeness (QED) is 0.538. The van der Waals surface area contributed by atoms with Gasteiger partial charge in [-0.25, -0.2) is 0 Å². The lowest BCUT2D eigenvalue weighted by molar-refractivity contribution is 1.25. The minimum Gasteiger partial charge on any atom is -0.304 e. The molecule has 0 bridgehead atoms. The summed E-state index contributed by atoms with van der Waals surface area (Å²) in [5.74, 6) is 0. The molecule has 24 heavy (non-hydrogen) atoms. The van der Waals surface area contributed by atoms with Gasteiger partial charge in [0.1, 0.15) is 0 Å². The third-order valence-corrected chi connectivity index (χ3v) is 4.36. The van der Waals surface area contributed by atoms with Gasteiger partial charge in [0.2, 0.25) is 0 Å². The number of thiocarbonyl (C=S) groups is 1. The molecule has 0 unspecified atom stereocenters. The Morgan fingerprint density at radius 3 is 1.62 bits per heavy atom. The van der Waals surface area contributed by atoms with Crippen molar-refractivity contribution < 1.29 is 0 Å². The highest BCUT2D eigenvalue weighted by atomic mass is 32.1. The Labute approximate surface area is 149 Å². The standard InChI is InChI=1S/C22H21NS/c1-17-8-12-20(13-9-17)23(21-14-10-18(2)11-15-21)22(24)16-19-6-4-3-5-7-19/h3-15H,16H2,1-2H3. The monoisotopic (exact) mass is 331 g/mol. The van der Waals surface area contributed by atoms with E-state index in [2.05, 4.69) is 91.5 Å². The van der Waals surface area contributed by atoms with Crippen LogP contribution in [0.15, 0.2) is 78.9 Å². The molecule has 3 rings (SSSR count). The Morgan fingerprint density at radius 1 is 0.708 bits per heavy atom. The van der Waals surface area contributed by atoms with Crippen LogP contribution in [0.5, 0.6) is 0 Å². The Balaban J connectivity index is 1.96. The van der Waals surface area contributed by atoms with Gasteiger partial charge >= 0.3 is 0 Å². The van der Waals surface area contributed by atoms with Crippen molar-refractivity contribution in [3.05, 3.63) is 95.6 Å². The maximum Gasteiger partial charge on any atom is 0.0913 e. The Bertz CT molecular complexity index is 759. The van der Waals surface area contributed by atoms with E-state index in [-0.39, 0.29) is 0 Å². The zero-order valence-corrected chi connectivity index (χ0v) is 14.9. The molecule has 0 radical (unpaired) electrons. The fourth-order valence-electron chi connectivity index (χ4n) is 2.67. The van der Waals surface area contributed by atoms with Gasteiger partial charge in [0.25, 0.3) is 0 Å². The molecule has 3 aromatic carbocycles. The molecular weight excluding hydrogens is 310 g/mol. The molecule has 0 amide bonds. The van der Waals surface area contributed by atoms with Gasteiger partial charge in [0.05, 0.1) is 4.99 Å². The van der Waals surface area contributed by atoms with Crippen molar-refractivity contribution >= 4 is 28.6 Å².